The highest BCUT2D eigenvalue weighted by Gasteiger charge is 2.24. The van der Waals surface area contributed by atoms with E-state index in [0.29, 0.717) is 12.1 Å². The second-order valence-corrected chi connectivity index (χ2v) is 11.6. The van der Waals surface area contributed by atoms with Crippen LogP contribution in [-0.2, 0) is 30.4 Å². The third-order valence-electron chi connectivity index (χ3n) is 4.84. The number of hydrogen-bond donors (Lipinski definition) is 6. The van der Waals surface area contributed by atoms with Crippen LogP contribution in [0, 0.1) is 6.08 Å². The standard InChI is InChI=1S/C19H14FN5O10S3/c20-17-23-18(21-9-2-1-3-10(6-9)36(27,28)29)25-19(24-17)22-14-5-4-12-13(16(14)38(33,34)35)7-11(8-15(12)26)37(30,31)32/h1-8,26H,(H,27,28,29)(H,30,31,32)(H,33,34,35)(H2,21,22,23,24,25). The fourth-order valence-corrected chi connectivity index (χ4v) is 5.23. The van der Waals surface area contributed by atoms with Gasteiger partial charge in [0.1, 0.15) is 10.6 Å². The Balaban J connectivity index is 1.81. The lowest BCUT2D eigenvalue weighted by Crippen LogP contribution is -2.09. The molecular weight excluding hydrogens is 573 g/mol. The van der Waals surface area contributed by atoms with Crippen molar-refractivity contribution in [3.05, 3.63) is 54.6 Å². The van der Waals surface area contributed by atoms with Gasteiger partial charge in [-0.05, 0) is 36.4 Å². The molecule has 4 rings (SSSR count). The van der Waals surface area contributed by atoms with Crippen molar-refractivity contribution >= 4 is 64.4 Å². The van der Waals surface area contributed by atoms with Crippen molar-refractivity contribution in [2.45, 2.75) is 14.7 Å². The van der Waals surface area contributed by atoms with Gasteiger partial charge < -0.3 is 15.7 Å². The number of hydrogen-bond acceptors (Lipinski definition) is 12. The molecule has 0 aliphatic carbocycles. The van der Waals surface area contributed by atoms with Crippen molar-refractivity contribution in [3.8, 4) is 5.75 Å². The lowest BCUT2D eigenvalue weighted by atomic mass is 10.1. The molecule has 4 aromatic rings. The van der Waals surface area contributed by atoms with Crippen molar-refractivity contribution in [1.29, 1.82) is 0 Å². The van der Waals surface area contributed by atoms with Crippen molar-refractivity contribution in [3.63, 3.8) is 0 Å². The van der Waals surface area contributed by atoms with Crippen LogP contribution in [-0.4, -0.2) is 59.0 Å². The zero-order valence-electron chi connectivity index (χ0n) is 18.3. The Morgan fingerprint density at radius 1 is 0.684 bits per heavy atom. The molecule has 0 spiro atoms. The summed E-state index contributed by atoms with van der Waals surface area (Å²) in [4.78, 5) is 8.25. The van der Waals surface area contributed by atoms with Gasteiger partial charge in [-0.3, -0.25) is 13.7 Å². The quantitative estimate of drug-likeness (QED) is 0.169. The maximum absolute atomic E-state index is 14.2. The summed E-state index contributed by atoms with van der Waals surface area (Å²) in [5.74, 6) is -1.85. The van der Waals surface area contributed by atoms with Crippen molar-refractivity contribution < 1.29 is 48.4 Å². The van der Waals surface area contributed by atoms with Gasteiger partial charge in [-0.25, -0.2) is 0 Å². The summed E-state index contributed by atoms with van der Waals surface area (Å²) in [7, 11) is -14.6. The molecule has 0 fully saturated rings. The summed E-state index contributed by atoms with van der Waals surface area (Å²) in [5, 5.41) is 14.2. The number of aromatic hydroxyl groups is 1. The number of nitrogens with one attached hydrogen (secondary N) is 2. The summed E-state index contributed by atoms with van der Waals surface area (Å²) in [6.45, 7) is 0. The molecule has 0 saturated heterocycles. The summed E-state index contributed by atoms with van der Waals surface area (Å²) in [5.41, 5.74) is -0.481. The van der Waals surface area contributed by atoms with Gasteiger partial charge in [0, 0.05) is 22.5 Å². The maximum atomic E-state index is 14.2. The average molecular weight is 588 g/mol. The van der Waals surface area contributed by atoms with Crippen LogP contribution in [0.2, 0.25) is 0 Å². The van der Waals surface area contributed by atoms with E-state index in [0.717, 1.165) is 24.3 Å². The molecule has 200 valence electrons. The molecule has 3 aromatic carbocycles. The fraction of sp³-hybridized carbons (Fsp3) is 0. The monoisotopic (exact) mass is 587 g/mol. The topological polar surface area (TPSA) is 246 Å². The van der Waals surface area contributed by atoms with E-state index in [-0.39, 0.29) is 11.1 Å². The van der Waals surface area contributed by atoms with Crippen LogP contribution in [0.1, 0.15) is 0 Å². The number of benzene rings is 3. The number of rotatable bonds is 7. The van der Waals surface area contributed by atoms with E-state index >= 15 is 0 Å². The first-order valence-electron chi connectivity index (χ1n) is 9.80. The second-order valence-electron chi connectivity index (χ2n) is 7.43. The molecule has 15 nitrogen and oxygen atoms in total. The van der Waals surface area contributed by atoms with E-state index in [2.05, 4.69) is 25.6 Å². The molecule has 0 atom stereocenters. The van der Waals surface area contributed by atoms with Crippen molar-refractivity contribution in [1.82, 2.24) is 15.0 Å². The number of nitrogens with zero attached hydrogens (tertiary/aromatic N) is 3. The van der Waals surface area contributed by atoms with Gasteiger partial charge in [-0.1, -0.05) is 6.07 Å². The largest absolute Gasteiger partial charge is 0.507 e. The van der Waals surface area contributed by atoms with Crippen LogP contribution in [0.25, 0.3) is 10.8 Å². The van der Waals surface area contributed by atoms with E-state index in [4.69, 9.17) is 0 Å². The predicted octanol–water partition coefficient (Wildman–Crippen LogP) is 2.10. The van der Waals surface area contributed by atoms with Crippen LogP contribution < -0.4 is 10.6 Å². The summed E-state index contributed by atoms with van der Waals surface area (Å²) >= 11 is 0. The Bertz CT molecular complexity index is 1930. The number of aromatic nitrogens is 3. The number of phenolic OH excluding ortho intramolecular Hbond substituents is 1. The highest BCUT2D eigenvalue weighted by atomic mass is 32.2. The number of anilines is 4. The van der Waals surface area contributed by atoms with E-state index in [1.165, 1.54) is 12.1 Å². The molecule has 0 amide bonds. The van der Waals surface area contributed by atoms with Crippen LogP contribution in [0.4, 0.5) is 27.7 Å². The lowest BCUT2D eigenvalue weighted by molar-refractivity contribution is 0.470. The van der Waals surface area contributed by atoms with Crippen LogP contribution in [0.15, 0.2) is 63.2 Å². The highest BCUT2D eigenvalue weighted by Crippen LogP contribution is 2.37. The number of fused-ring (bicyclic) bond motifs is 1. The van der Waals surface area contributed by atoms with Gasteiger partial charge in [-0.15, -0.1) is 0 Å². The molecule has 0 radical (unpaired) electrons. The SMILES string of the molecule is O=S(=O)(O)c1cccc(Nc2nc(F)nc(Nc3ccc4c(O)cc(S(=O)(=O)O)cc4c3S(=O)(=O)O)n2)c1. The fourth-order valence-electron chi connectivity index (χ4n) is 3.33. The molecule has 1 heterocycles. The molecule has 0 aliphatic heterocycles. The molecule has 19 heteroatoms. The highest BCUT2D eigenvalue weighted by molar-refractivity contribution is 7.86. The summed E-state index contributed by atoms with van der Waals surface area (Å²) < 4.78 is 113. The molecule has 6 N–H and O–H groups in total. The Kier molecular flexibility index (Phi) is 6.67. The van der Waals surface area contributed by atoms with Gasteiger partial charge in [0.15, 0.2) is 0 Å². The van der Waals surface area contributed by atoms with E-state index in [9.17, 15) is 48.4 Å². The lowest BCUT2D eigenvalue weighted by Gasteiger charge is -2.14. The molecule has 38 heavy (non-hydrogen) atoms. The zero-order chi connectivity index (χ0) is 28.0. The van der Waals surface area contributed by atoms with E-state index in [1.54, 1.807) is 0 Å². The predicted molar refractivity (Wildman–Crippen MR) is 128 cm³/mol. The summed E-state index contributed by atoms with van der Waals surface area (Å²) in [6, 6.07) is 8.17. The van der Waals surface area contributed by atoms with E-state index < -0.39 is 79.8 Å². The minimum absolute atomic E-state index is 0.00854. The Hall–Kier alpha value is -4.01. The first-order valence-corrected chi connectivity index (χ1v) is 14.1. The molecule has 0 aliphatic rings. The normalized spacial score (nSPS) is 12.4. The smallest absolute Gasteiger partial charge is 0.315 e. The Morgan fingerprint density at radius 2 is 1.32 bits per heavy atom. The molecule has 0 saturated carbocycles. The van der Waals surface area contributed by atoms with Gasteiger partial charge >= 0.3 is 6.08 Å². The third kappa shape index (κ3) is 5.77. The zero-order valence-corrected chi connectivity index (χ0v) is 20.8. The number of phenols is 1. The maximum Gasteiger partial charge on any atom is 0.315 e. The minimum Gasteiger partial charge on any atom is -0.507 e. The molecule has 1 aromatic heterocycles. The van der Waals surface area contributed by atoms with Crippen LogP contribution >= 0.6 is 0 Å². The van der Waals surface area contributed by atoms with Crippen molar-refractivity contribution in [2.75, 3.05) is 10.6 Å². The van der Waals surface area contributed by atoms with Gasteiger partial charge in [0.25, 0.3) is 30.4 Å². The minimum atomic E-state index is -5.16. The van der Waals surface area contributed by atoms with Crippen LogP contribution in [0.5, 0.6) is 5.75 Å². The van der Waals surface area contributed by atoms with Gasteiger partial charge in [0.05, 0.1) is 15.5 Å². The molecule has 0 bridgehead atoms. The van der Waals surface area contributed by atoms with Crippen LogP contribution in [0.3, 0.4) is 0 Å². The molecular formula is C19H14FN5O10S3. The van der Waals surface area contributed by atoms with E-state index in [1.807, 2.05) is 0 Å². The summed E-state index contributed by atoms with van der Waals surface area (Å²) in [6.07, 6.45) is -1.38. The Morgan fingerprint density at radius 3 is 1.92 bits per heavy atom. The van der Waals surface area contributed by atoms with Gasteiger partial charge in [-0.2, -0.15) is 44.6 Å². The Labute approximate surface area is 213 Å². The molecule has 0 unspecified atom stereocenters. The van der Waals surface area contributed by atoms with Crippen molar-refractivity contribution in [2.24, 2.45) is 0 Å². The van der Waals surface area contributed by atoms with Gasteiger partial charge in [0.2, 0.25) is 11.9 Å². The number of halogens is 1. The first-order chi connectivity index (χ1) is 17.5. The average Bonchev–Trinajstić information content (AvgIpc) is 2.76. The third-order valence-corrected chi connectivity index (χ3v) is 7.47. The first kappa shape index (κ1) is 27.0. The second kappa shape index (κ2) is 9.38.